The van der Waals surface area contributed by atoms with Crippen molar-refractivity contribution < 1.29 is 9.47 Å². The van der Waals surface area contributed by atoms with Crippen molar-refractivity contribution in [2.75, 3.05) is 20.3 Å². The van der Waals surface area contributed by atoms with E-state index in [2.05, 4.69) is 10.3 Å². The van der Waals surface area contributed by atoms with Gasteiger partial charge in [-0.15, -0.1) is 5.11 Å². The van der Waals surface area contributed by atoms with E-state index in [1.54, 1.807) is 13.2 Å². The second kappa shape index (κ2) is 7.25. The maximum Gasteiger partial charge on any atom is 0.168 e. The minimum Gasteiger partial charge on any atom is -0.496 e. The van der Waals surface area contributed by atoms with Crippen LogP contribution in [0.5, 0.6) is 5.75 Å². The topological polar surface area (TPSA) is 82.1 Å². The van der Waals surface area contributed by atoms with Crippen molar-refractivity contribution in [3.8, 4) is 17.0 Å². The third-order valence-electron chi connectivity index (χ3n) is 3.76. The summed E-state index contributed by atoms with van der Waals surface area (Å²) in [5.41, 5.74) is 1.49. The summed E-state index contributed by atoms with van der Waals surface area (Å²) >= 11 is 7.64. The molecule has 1 fully saturated rings. The van der Waals surface area contributed by atoms with E-state index >= 15 is 0 Å². The normalized spacial score (nSPS) is 16.1. The van der Waals surface area contributed by atoms with Gasteiger partial charge in [0.05, 0.1) is 12.1 Å². The van der Waals surface area contributed by atoms with Gasteiger partial charge in [0.1, 0.15) is 11.4 Å². The Balaban J connectivity index is 2.07. The van der Waals surface area contributed by atoms with E-state index in [-0.39, 0.29) is 0 Å². The van der Waals surface area contributed by atoms with Gasteiger partial charge in [0.15, 0.2) is 5.00 Å². The number of nitrogens with two attached hydrogens (primary N) is 1. The molecule has 0 atom stereocenters. The first kappa shape index (κ1) is 16.2. The number of rotatable bonds is 4. The van der Waals surface area contributed by atoms with Crippen LogP contribution in [0.15, 0.2) is 28.5 Å². The third kappa shape index (κ3) is 3.46. The molecule has 2 N–H and O–H groups in total. The molecule has 1 aliphatic rings. The molecule has 2 heterocycles. The van der Waals surface area contributed by atoms with Crippen LogP contribution in [0.25, 0.3) is 11.3 Å². The second-order valence-corrected chi connectivity index (χ2v) is 6.60. The van der Waals surface area contributed by atoms with Gasteiger partial charge in [-0.05, 0) is 31.0 Å². The first-order chi connectivity index (χ1) is 11.2. The van der Waals surface area contributed by atoms with Crippen LogP contribution in [0.2, 0.25) is 5.02 Å². The van der Waals surface area contributed by atoms with E-state index < -0.39 is 0 Å². The molecule has 8 heteroatoms. The van der Waals surface area contributed by atoms with Gasteiger partial charge in [-0.1, -0.05) is 28.2 Å². The SMILES string of the molecule is COc1ccc(Cl)cc1-c1nc(C2CCOCC2)sc1N=NN. The molecular weight excluding hydrogens is 336 g/mol. The number of aromatic nitrogens is 1. The lowest BCUT2D eigenvalue weighted by Crippen LogP contribution is -2.13. The van der Waals surface area contributed by atoms with Crippen LogP contribution in [-0.2, 0) is 4.74 Å². The maximum absolute atomic E-state index is 6.13. The van der Waals surface area contributed by atoms with Crippen molar-refractivity contribution >= 4 is 27.9 Å². The molecule has 122 valence electrons. The monoisotopic (exact) mass is 352 g/mol. The lowest BCUT2D eigenvalue weighted by molar-refractivity contribution is 0.0853. The first-order valence-corrected chi connectivity index (χ1v) is 8.45. The van der Waals surface area contributed by atoms with Crippen molar-refractivity contribution in [2.24, 2.45) is 16.2 Å². The van der Waals surface area contributed by atoms with Gasteiger partial charge >= 0.3 is 0 Å². The van der Waals surface area contributed by atoms with Gasteiger partial charge in [-0.25, -0.2) is 4.98 Å². The molecule has 6 nitrogen and oxygen atoms in total. The fourth-order valence-corrected chi connectivity index (χ4v) is 3.86. The molecule has 3 rings (SSSR count). The molecule has 23 heavy (non-hydrogen) atoms. The highest BCUT2D eigenvalue weighted by Crippen LogP contribution is 2.44. The molecule has 0 radical (unpaired) electrons. The summed E-state index contributed by atoms with van der Waals surface area (Å²) in [6.07, 6.45) is 1.91. The van der Waals surface area contributed by atoms with Crippen molar-refractivity contribution in [3.63, 3.8) is 0 Å². The molecule has 1 aromatic heterocycles. The zero-order valence-electron chi connectivity index (χ0n) is 12.7. The fourth-order valence-electron chi connectivity index (χ4n) is 2.61. The third-order valence-corrected chi connectivity index (χ3v) is 5.10. The number of hydrogen-bond acceptors (Lipinski definition) is 6. The number of ether oxygens (including phenoxy) is 2. The van der Waals surface area contributed by atoms with Crippen LogP contribution >= 0.6 is 22.9 Å². The zero-order valence-corrected chi connectivity index (χ0v) is 14.2. The summed E-state index contributed by atoms with van der Waals surface area (Å²) in [5.74, 6) is 6.32. The minimum atomic E-state index is 0.374. The van der Waals surface area contributed by atoms with Gasteiger partial charge in [-0.3, -0.25) is 0 Å². The van der Waals surface area contributed by atoms with Gasteiger partial charge in [0.25, 0.3) is 0 Å². The predicted molar refractivity (Wildman–Crippen MR) is 90.6 cm³/mol. The van der Waals surface area contributed by atoms with Crippen molar-refractivity contribution in [1.29, 1.82) is 0 Å². The Kier molecular flexibility index (Phi) is 5.09. The van der Waals surface area contributed by atoms with Crippen LogP contribution in [0.4, 0.5) is 5.00 Å². The van der Waals surface area contributed by atoms with E-state index in [4.69, 9.17) is 31.9 Å². The average Bonchev–Trinajstić information content (AvgIpc) is 3.00. The Hall–Kier alpha value is -1.70. The van der Waals surface area contributed by atoms with Crippen molar-refractivity contribution in [3.05, 3.63) is 28.2 Å². The Bertz CT molecular complexity index is 713. The van der Waals surface area contributed by atoms with E-state index in [1.165, 1.54) is 11.3 Å². The van der Waals surface area contributed by atoms with E-state index in [0.717, 1.165) is 36.6 Å². The summed E-state index contributed by atoms with van der Waals surface area (Å²) < 4.78 is 10.8. The van der Waals surface area contributed by atoms with Gasteiger partial charge < -0.3 is 15.3 Å². The highest BCUT2D eigenvalue weighted by atomic mass is 35.5. The molecule has 0 aliphatic carbocycles. The summed E-state index contributed by atoms with van der Waals surface area (Å²) in [6, 6.07) is 5.41. The van der Waals surface area contributed by atoms with Gasteiger partial charge in [0.2, 0.25) is 0 Å². The number of benzene rings is 1. The summed E-state index contributed by atoms with van der Waals surface area (Å²) in [7, 11) is 1.61. The van der Waals surface area contributed by atoms with Crippen molar-refractivity contribution in [1.82, 2.24) is 4.98 Å². The van der Waals surface area contributed by atoms with Gasteiger partial charge in [0, 0.05) is 29.7 Å². The molecule has 0 saturated carbocycles. The van der Waals surface area contributed by atoms with Crippen LogP contribution in [0.3, 0.4) is 0 Å². The van der Waals surface area contributed by atoms with E-state index in [9.17, 15) is 0 Å². The molecule has 1 aliphatic heterocycles. The molecular formula is C15H17ClN4O2S. The molecule has 1 saturated heterocycles. The van der Waals surface area contributed by atoms with Crippen LogP contribution in [0.1, 0.15) is 23.8 Å². The number of methoxy groups -OCH3 is 1. The smallest absolute Gasteiger partial charge is 0.168 e. The minimum absolute atomic E-state index is 0.374. The summed E-state index contributed by atoms with van der Waals surface area (Å²) in [4.78, 5) is 4.79. The van der Waals surface area contributed by atoms with E-state index in [0.29, 0.717) is 27.4 Å². The van der Waals surface area contributed by atoms with Crippen molar-refractivity contribution in [2.45, 2.75) is 18.8 Å². The zero-order chi connectivity index (χ0) is 16.2. The van der Waals surface area contributed by atoms with Gasteiger partial charge in [-0.2, -0.15) is 0 Å². The number of thiazole rings is 1. The quantitative estimate of drug-likeness (QED) is 0.504. The van der Waals surface area contributed by atoms with Crippen LogP contribution in [-0.4, -0.2) is 25.3 Å². The Morgan fingerprint density at radius 3 is 2.87 bits per heavy atom. The molecule has 0 spiro atoms. The lowest BCUT2D eigenvalue weighted by atomic mass is 10.0. The number of halogens is 1. The molecule has 0 unspecified atom stereocenters. The Labute approximate surface area is 143 Å². The fraction of sp³-hybridized carbons (Fsp3) is 0.400. The standard InChI is InChI=1S/C15H17ClN4O2S/c1-21-12-3-2-10(16)8-11(12)13-15(19-20-17)23-14(18-13)9-4-6-22-7-5-9/h2-3,8-9H,4-7H2,1H3,(H2,17,19). The van der Waals surface area contributed by atoms with Crippen LogP contribution < -0.4 is 10.6 Å². The maximum atomic E-state index is 6.13. The predicted octanol–water partition coefficient (Wildman–Crippen LogP) is 4.32. The molecule has 0 amide bonds. The Morgan fingerprint density at radius 2 is 2.17 bits per heavy atom. The average molecular weight is 353 g/mol. The summed E-state index contributed by atoms with van der Waals surface area (Å²) in [6.45, 7) is 1.52. The largest absolute Gasteiger partial charge is 0.496 e. The van der Waals surface area contributed by atoms with E-state index in [1.807, 2.05) is 12.1 Å². The highest BCUT2D eigenvalue weighted by Gasteiger charge is 2.24. The first-order valence-electron chi connectivity index (χ1n) is 7.26. The Morgan fingerprint density at radius 1 is 1.39 bits per heavy atom. The second-order valence-electron chi connectivity index (χ2n) is 5.15. The lowest BCUT2D eigenvalue weighted by Gasteiger charge is -2.19. The highest BCUT2D eigenvalue weighted by molar-refractivity contribution is 7.16. The molecule has 0 bridgehead atoms. The number of hydrogen-bond donors (Lipinski definition) is 1. The summed E-state index contributed by atoms with van der Waals surface area (Å²) in [5, 5.41) is 9.75. The molecule has 1 aromatic carbocycles. The van der Waals surface area contributed by atoms with Crippen LogP contribution in [0, 0.1) is 0 Å². The number of nitrogens with zero attached hydrogens (tertiary/aromatic N) is 3. The molecule has 2 aromatic rings.